The van der Waals surface area contributed by atoms with E-state index in [2.05, 4.69) is 10.3 Å². The number of likely N-dealkylation sites (N-methyl/N-ethyl adjacent to an activating group) is 1. The van der Waals surface area contributed by atoms with Crippen molar-refractivity contribution in [2.75, 3.05) is 24.2 Å². The molecule has 0 spiro atoms. The number of hydrogen-bond acceptors (Lipinski definition) is 5. The molecule has 2 aromatic carbocycles. The highest BCUT2D eigenvalue weighted by atomic mass is 35.5. The largest absolute Gasteiger partial charge is 0.431 e. The van der Waals surface area contributed by atoms with Gasteiger partial charge >= 0.3 is 0 Å². The van der Waals surface area contributed by atoms with E-state index in [1.165, 1.54) is 16.7 Å². The summed E-state index contributed by atoms with van der Waals surface area (Å²) in [7, 11) is 0. The number of aromatic nitrogens is 1. The van der Waals surface area contributed by atoms with Crippen molar-refractivity contribution in [3.8, 4) is 0 Å². The van der Waals surface area contributed by atoms with Gasteiger partial charge < -0.3 is 14.6 Å². The molecule has 3 rings (SSSR count). The molecule has 1 aromatic heterocycles. The summed E-state index contributed by atoms with van der Waals surface area (Å²) in [5.74, 6) is -0.465. The van der Waals surface area contributed by atoms with Crippen LogP contribution in [0.15, 0.2) is 52.1 Å². The number of rotatable bonds is 7. The molecule has 3 aromatic rings. The first kappa shape index (κ1) is 20.5. The maximum Gasteiger partial charge on any atom is 0.257 e. The molecule has 0 atom stereocenters. The molecule has 2 amide bonds. The predicted octanol–water partition coefficient (Wildman–Crippen LogP) is 4.71. The van der Waals surface area contributed by atoms with Gasteiger partial charge in [0.25, 0.3) is 5.22 Å². The van der Waals surface area contributed by atoms with Gasteiger partial charge in [0.05, 0.1) is 28.0 Å². The molecular formula is C19H17Cl2N3O3S. The SMILES string of the molecule is CCN(CC(=O)Nc1c(Cl)cccc1Cl)C(=O)CSc1nc2ccccc2o1. The van der Waals surface area contributed by atoms with Gasteiger partial charge in [0.2, 0.25) is 11.8 Å². The third-order valence-corrected chi connectivity index (χ3v) is 5.33. The number of halogens is 2. The number of nitrogens with one attached hydrogen (secondary N) is 1. The predicted molar refractivity (Wildman–Crippen MR) is 112 cm³/mol. The lowest BCUT2D eigenvalue weighted by molar-refractivity contribution is -0.132. The number of fused-ring (bicyclic) bond motifs is 1. The molecule has 0 aliphatic heterocycles. The topological polar surface area (TPSA) is 75.4 Å². The van der Waals surface area contributed by atoms with Crippen molar-refractivity contribution in [1.29, 1.82) is 0 Å². The van der Waals surface area contributed by atoms with E-state index < -0.39 is 0 Å². The van der Waals surface area contributed by atoms with Crippen molar-refractivity contribution >= 4 is 63.6 Å². The van der Waals surface area contributed by atoms with Crippen molar-refractivity contribution in [2.45, 2.75) is 12.1 Å². The van der Waals surface area contributed by atoms with Gasteiger partial charge in [-0.25, -0.2) is 4.98 Å². The maximum atomic E-state index is 12.5. The minimum absolute atomic E-state index is 0.106. The van der Waals surface area contributed by atoms with Gasteiger partial charge in [0, 0.05) is 6.54 Å². The van der Waals surface area contributed by atoms with Gasteiger partial charge in [-0.3, -0.25) is 9.59 Å². The number of nitrogens with zero attached hydrogens (tertiary/aromatic N) is 2. The summed E-state index contributed by atoms with van der Waals surface area (Å²) >= 11 is 13.3. The molecule has 0 saturated heterocycles. The summed E-state index contributed by atoms with van der Waals surface area (Å²) in [5, 5.41) is 3.74. The van der Waals surface area contributed by atoms with E-state index in [4.69, 9.17) is 27.6 Å². The van der Waals surface area contributed by atoms with Crippen LogP contribution in [-0.4, -0.2) is 40.5 Å². The van der Waals surface area contributed by atoms with E-state index in [-0.39, 0.29) is 24.1 Å². The fourth-order valence-electron chi connectivity index (χ4n) is 2.47. The standard InChI is InChI=1S/C19H17Cl2N3O3S/c1-2-24(10-16(25)23-18-12(20)6-5-7-13(18)21)17(26)11-28-19-22-14-8-3-4-9-15(14)27-19/h3-9H,2,10-11H2,1H3,(H,23,25). The normalized spacial score (nSPS) is 10.8. The number of amides is 2. The lowest BCUT2D eigenvalue weighted by Gasteiger charge is -2.20. The Morgan fingerprint density at radius 1 is 1.14 bits per heavy atom. The zero-order valence-electron chi connectivity index (χ0n) is 14.9. The van der Waals surface area contributed by atoms with E-state index in [9.17, 15) is 9.59 Å². The number of carbonyl (C=O) groups excluding carboxylic acids is 2. The number of benzene rings is 2. The fraction of sp³-hybridized carbons (Fsp3) is 0.211. The second-order valence-corrected chi connectivity index (χ2v) is 7.53. The lowest BCUT2D eigenvalue weighted by Crippen LogP contribution is -2.38. The summed E-state index contributed by atoms with van der Waals surface area (Å²) in [4.78, 5) is 30.6. The summed E-state index contributed by atoms with van der Waals surface area (Å²) in [6.07, 6.45) is 0. The minimum atomic E-state index is -0.378. The van der Waals surface area contributed by atoms with Crippen molar-refractivity contribution in [3.63, 3.8) is 0 Å². The molecule has 0 aliphatic rings. The summed E-state index contributed by atoms with van der Waals surface area (Å²) in [6.45, 7) is 2.08. The Morgan fingerprint density at radius 2 is 1.86 bits per heavy atom. The molecule has 28 heavy (non-hydrogen) atoms. The molecule has 0 bridgehead atoms. The van der Waals surface area contributed by atoms with E-state index in [1.54, 1.807) is 25.1 Å². The molecule has 0 fully saturated rings. The summed E-state index contributed by atoms with van der Waals surface area (Å²) in [6, 6.07) is 12.3. The number of oxazole rings is 1. The van der Waals surface area contributed by atoms with Gasteiger partial charge in [0.1, 0.15) is 5.52 Å². The van der Waals surface area contributed by atoms with Crippen molar-refractivity contribution in [2.24, 2.45) is 0 Å². The van der Waals surface area contributed by atoms with Gasteiger partial charge in [0.15, 0.2) is 5.58 Å². The highest BCUT2D eigenvalue weighted by molar-refractivity contribution is 7.99. The van der Waals surface area contributed by atoms with Gasteiger partial charge in [-0.15, -0.1) is 0 Å². The maximum absolute atomic E-state index is 12.5. The Hall–Kier alpha value is -2.22. The van der Waals surface area contributed by atoms with Gasteiger partial charge in [-0.05, 0) is 31.2 Å². The van der Waals surface area contributed by atoms with Crippen LogP contribution in [-0.2, 0) is 9.59 Å². The first-order valence-electron chi connectivity index (χ1n) is 8.48. The second-order valence-electron chi connectivity index (χ2n) is 5.79. The molecule has 1 heterocycles. The molecule has 1 N–H and O–H groups in total. The third-order valence-electron chi connectivity index (χ3n) is 3.89. The number of hydrogen-bond donors (Lipinski definition) is 1. The molecule has 0 aliphatic carbocycles. The lowest BCUT2D eigenvalue weighted by atomic mass is 10.3. The first-order chi connectivity index (χ1) is 13.5. The van der Waals surface area contributed by atoms with Crippen LogP contribution in [0, 0.1) is 0 Å². The van der Waals surface area contributed by atoms with Crippen LogP contribution in [0.4, 0.5) is 5.69 Å². The highest BCUT2D eigenvalue weighted by Crippen LogP contribution is 2.29. The number of para-hydroxylation sites is 3. The summed E-state index contributed by atoms with van der Waals surface area (Å²) < 4.78 is 5.59. The van der Waals surface area contributed by atoms with E-state index >= 15 is 0 Å². The zero-order valence-corrected chi connectivity index (χ0v) is 17.3. The van der Waals surface area contributed by atoms with Crippen molar-refractivity contribution in [1.82, 2.24) is 9.88 Å². The quantitative estimate of drug-likeness (QED) is 0.541. The van der Waals surface area contributed by atoms with Crippen LogP contribution in [0.2, 0.25) is 10.0 Å². The molecule has 0 saturated carbocycles. The highest BCUT2D eigenvalue weighted by Gasteiger charge is 2.18. The number of anilines is 1. The van der Waals surface area contributed by atoms with Crippen LogP contribution >= 0.6 is 35.0 Å². The third kappa shape index (κ3) is 4.98. The van der Waals surface area contributed by atoms with Gasteiger partial charge in [-0.1, -0.05) is 53.2 Å². The summed E-state index contributed by atoms with van der Waals surface area (Å²) in [5.41, 5.74) is 1.74. The zero-order chi connectivity index (χ0) is 20.1. The van der Waals surface area contributed by atoms with Crippen molar-refractivity contribution < 1.29 is 14.0 Å². The average Bonchev–Trinajstić information content (AvgIpc) is 3.10. The minimum Gasteiger partial charge on any atom is -0.431 e. The fourth-order valence-corrected chi connectivity index (χ4v) is 3.71. The second kappa shape index (κ2) is 9.32. The average molecular weight is 438 g/mol. The van der Waals surface area contributed by atoms with Crippen molar-refractivity contribution in [3.05, 3.63) is 52.5 Å². The molecule has 0 radical (unpaired) electrons. The van der Waals surface area contributed by atoms with E-state index in [0.717, 1.165) is 5.52 Å². The molecule has 146 valence electrons. The molecular weight excluding hydrogens is 421 g/mol. The molecule has 6 nitrogen and oxygen atoms in total. The Kier molecular flexibility index (Phi) is 6.83. The van der Waals surface area contributed by atoms with E-state index in [1.807, 2.05) is 24.3 Å². The van der Waals surface area contributed by atoms with Crippen LogP contribution in [0.25, 0.3) is 11.1 Å². The smallest absolute Gasteiger partial charge is 0.257 e. The van der Waals surface area contributed by atoms with Crippen LogP contribution < -0.4 is 5.32 Å². The first-order valence-corrected chi connectivity index (χ1v) is 10.2. The molecule has 0 unspecified atom stereocenters. The van der Waals surface area contributed by atoms with Gasteiger partial charge in [-0.2, -0.15) is 0 Å². The monoisotopic (exact) mass is 437 g/mol. The van der Waals surface area contributed by atoms with Crippen LogP contribution in [0.5, 0.6) is 0 Å². The molecule has 9 heteroatoms. The van der Waals surface area contributed by atoms with Crippen LogP contribution in [0.1, 0.15) is 6.92 Å². The van der Waals surface area contributed by atoms with Crippen LogP contribution in [0.3, 0.4) is 0 Å². The Bertz CT molecular complexity index is 956. The number of carbonyl (C=O) groups is 2. The Labute approximate surface area is 176 Å². The Balaban J connectivity index is 1.57. The van der Waals surface area contributed by atoms with E-state index in [0.29, 0.717) is 33.1 Å². The number of thioether (sulfide) groups is 1. The Morgan fingerprint density at radius 3 is 2.54 bits per heavy atom.